The summed E-state index contributed by atoms with van der Waals surface area (Å²) in [6, 6.07) is 3.30. The number of aromatic nitrogens is 1. The third-order valence-corrected chi connectivity index (χ3v) is 1.89. The maximum Gasteiger partial charge on any atom is 0.271 e. The number of hydrogen-bond donors (Lipinski definition) is 1. The Morgan fingerprint density at radius 1 is 1.53 bits per heavy atom. The first kappa shape index (κ1) is 11.4. The van der Waals surface area contributed by atoms with Crippen LogP contribution in [0.4, 0.5) is 0 Å². The summed E-state index contributed by atoms with van der Waals surface area (Å²) in [5.41, 5.74) is 3.03. The monoisotopic (exact) mass is 205 g/mol. The summed E-state index contributed by atoms with van der Waals surface area (Å²) >= 11 is 0. The summed E-state index contributed by atoms with van der Waals surface area (Å²) in [7, 11) is 0. The molecule has 1 rings (SSSR count). The minimum absolute atomic E-state index is 0.204. The van der Waals surface area contributed by atoms with Crippen molar-refractivity contribution in [3.05, 3.63) is 30.1 Å². The zero-order valence-corrected chi connectivity index (χ0v) is 8.81. The summed E-state index contributed by atoms with van der Waals surface area (Å²) in [4.78, 5) is 15.3. The number of amides is 1. The van der Waals surface area contributed by atoms with Gasteiger partial charge in [-0.25, -0.2) is 5.43 Å². The quantitative estimate of drug-likeness (QED) is 0.454. The number of unbranched alkanes of at least 4 members (excludes halogenated alkanes) is 2. The lowest BCUT2D eigenvalue weighted by molar-refractivity contribution is 0.0955. The average molecular weight is 205 g/mol. The lowest BCUT2D eigenvalue weighted by Gasteiger charge is -1.97. The highest BCUT2D eigenvalue weighted by Gasteiger charge is 2.01. The van der Waals surface area contributed by atoms with Crippen molar-refractivity contribution in [1.82, 2.24) is 10.4 Å². The molecule has 1 heterocycles. The van der Waals surface area contributed by atoms with E-state index in [-0.39, 0.29) is 5.91 Å². The number of pyridine rings is 1. The Morgan fingerprint density at radius 2 is 2.27 bits per heavy atom. The van der Waals surface area contributed by atoms with Gasteiger partial charge in [0.25, 0.3) is 5.91 Å². The second-order valence-electron chi connectivity index (χ2n) is 3.13. The lowest BCUT2D eigenvalue weighted by Crippen LogP contribution is -2.17. The van der Waals surface area contributed by atoms with Gasteiger partial charge in [0.15, 0.2) is 0 Å². The molecular formula is C11H15N3O. The van der Waals surface area contributed by atoms with Gasteiger partial charge in [0.1, 0.15) is 0 Å². The van der Waals surface area contributed by atoms with E-state index < -0.39 is 0 Å². The Hall–Kier alpha value is -1.71. The van der Waals surface area contributed by atoms with Crippen molar-refractivity contribution < 1.29 is 4.79 Å². The molecule has 1 aromatic rings. The molecule has 1 N–H and O–H groups in total. The second-order valence-corrected chi connectivity index (χ2v) is 3.13. The molecule has 0 saturated heterocycles. The summed E-state index contributed by atoms with van der Waals surface area (Å²) in [5, 5.41) is 3.84. The van der Waals surface area contributed by atoms with Gasteiger partial charge in [-0.15, -0.1) is 0 Å². The maximum absolute atomic E-state index is 11.4. The van der Waals surface area contributed by atoms with E-state index in [1.807, 2.05) is 0 Å². The summed E-state index contributed by atoms with van der Waals surface area (Å²) < 4.78 is 0. The summed E-state index contributed by atoms with van der Waals surface area (Å²) in [6.45, 7) is 2.11. The Bertz CT molecular complexity index is 322. The van der Waals surface area contributed by atoms with Gasteiger partial charge in [-0.3, -0.25) is 9.78 Å². The molecule has 0 aliphatic heterocycles. The Kier molecular flexibility index (Phi) is 5.08. The molecule has 0 fully saturated rings. The van der Waals surface area contributed by atoms with Crippen molar-refractivity contribution in [3.8, 4) is 0 Å². The van der Waals surface area contributed by atoms with E-state index in [0.717, 1.165) is 19.3 Å². The zero-order valence-electron chi connectivity index (χ0n) is 8.81. The topological polar surface area (TPSA) is 54.4 Å². The molecule has 80 valence electrons. The Balaban J connectivity index is 2.34. The number of hydrazone groups is 1. The van der Waals surface area contributed by atoms with Crippen LogP contribution < -0.4 is 5.43 Å². The largest absolute Gasteiger partial charge is 0.271 e. The molecule has 0 aromatic carbocycles. The van der Waals surface area contributed by atoms with Crippen molar-refractivity contribution in [1.29, 1.82) is 0 Å². The fourth-order valence-electron chi connectivity index (χ4n) is 1.03. The molecule has 1 amide bonds. The van der Waals surface area contributed by atoms with Crippen LogP contribution in [0, 0.1) is 0 Å². The minimum atomic E-state index is -0.204. The summed E-state index contributed by atoms with van der Waals surface area (Å²) in [5.74, 6) is -0.204. The smallest absolute Gasteiger partial charge is 0.267 e. The van der Waals surface area contributed by atoms with Gasteiger partial charge in [-0.1, -0.05) is 13.3 Å². The third-order valence-electron chi connectivity index (χ3n) is 1.89. The highest BCUT2D eigenvalue weighted by atomic mass is 16.2. The SMILES string of the molecule is CCCC/C=N\NC(=O)c1ccncc1. The summed E-state index contributed by atoms with van der Waals surface area (Å²) in [6.07, 6.45) is 8.00. The molecule has 0 radical (unpaired) electrons. The van der Waals surface area contributed by atoms with Crippen LogP contribution in [0.1, 0.15) is 36.5 Å². The Morgan fingerprint density at radius 3 is 2.93 bits per heavy atom. The van der Waals surface area contributed by atoms with Crippen LogP contribution in [0.25, 0.3) is 0 Å². The standard InChI is InChI=1S/C11H15N3O/c1-2-3-4-7-13-14-11(15)10-5-8-12-9-6-10/h5-9H,2-4H2,1H3,(H,14,15)/b13-7-. The number of nitrogens with one attached hydrogen (secondary N) is 1. The number of rotatable bonds is 5. The van der Waals surface area contributed by atoms with E-state index in [1.165, 1.54) is 0 Å². The molecule has 4 heteroatoms. The second kappa shape index (κ2) is 6.70. The predicted octanol–water partition coefficient (Wildman–Crippen LogP) is 1.99. The van der Waals surface area contributed by atoms with Crippen LogP contribution in [-0.4, -0.2) is 17.1 Å². The van der Waals surface area contributed by atoms with E-state index >= 15 is 0 Å². The number of nitrogens with zero attached hydrogens (tertiary/aromatic N) is 2. The third kappa shape index (κ3) is 4.35. The van der Waals surface area contributed by atoms with E-state index in [1.54, 1.807) is 30.7 Å². The molecule has 0 saturated carbocycles. The first-order chi connectivity index (χ1) is 7.34. The maximum atomic E-state index is 11.4. The highest BCUT2D eigenvalue weighted by Crippen LogP contribution is 1.95. The molecule has 0 atom stereocenters. The van der Waals surface area contributed by atoms with E-state index in [2.05, 4.69) is 22.4 Å². The normalized spacial score (nSPS) is 10.5. The van der Waals surface area contributed by atoms with Crippen LogP contribution in [0.3, 0.4) is 0 Å². The van der Waals surface area contributed by atoms with Crippen molar-refractivity contribution in [2.24, 2.45) is 5.10 Å². The van der Waals surface area contributed by atoms with Crippen molar-refractivity contribution in [2.45, 2.75) is 26.2 Å². The van der Waals surface area contributed by atoms with Gasteiger partial charge in [0.05, 0.1) is 0 Å². The van der Waals surface area contributed by atoms with Gasteiger partial charge in [0, 0.05) is 24.2 Å². The van der Waals surface area contributed by atoms with Crippen molar-refractivity contribution in [3.63, 3.8) is 0 Å². The fraction of sp³-hybridized carbons (Fsp3) is 0.364. The first-order valence-corrected chi connectivity index (χ1v) is 5.06. The molecule has 0 bridgehead atoms. The molecular weight excluding hydrogens is 190 g/mol. The highest BCUT2D eigenvalue weighted by molar-refractivity contribution is 5.94. The number of hydrogen-bond acceptors (Lipinski definition) is 3. The molecule has 15 heavy (non-hydrogen) atoms. The van der Waals surface area contributed by atoms with Crippen LogP contribution in [0.15, 0.2) is 29.6 Å². The van der Waals surface area contributed by atoms with E-state index in [0.29, 0.717) is 5.56 Å². The molecule has 0 aliphatic carbocycles. The van der Waals surface area contributed by atoms with Crippen molar-refractivity contribution in [2.75, 3.05) is 0 Å². The molecule has 0 spiro atoms. The van der Waals surface area contributed by atoms with Gasteiger partial charge in [-0.2, -0.15) is 5.10 Å². The van der Waals surface area contributed by atoms with Crippen LogP contribution in [-0.2, 0) is 0 Å². The van der Waals surface area contributed by atoms with Gasteiger partial charge < -0.3 is 0 Å². The van der Waals surface area contributed by atoms with Crippen molar-refractivity contribution >= 4 is 12.1 Å². The van der Waals surface area contributed by atoms with Crippen LogP contribution >= 0.6 is 0 Å². The molecule has 0 unspecified atom stereocenters. The first-order valence-electron chi connectivity index (χ1n) is 5.06. The van der Waals surface area contributed by atoms with Gasteiger partial charge >= 0.3 is 0 Å². The molecule has 4 nitrogen and oxygen atoms in total. The predicted molar refractivity (Wildman–Crippen MR) is 59.7 cm³/mol. The fourth-order valence-corrected chi connectivity index (χ4v) is 1.03. The average Bonchev–Trinajstić information content (AvgIpc) is 2.30. The van der Waals surface area contributed by atoms with Crippen LogP contribution in [0.5, 0.6) is 0 Å². The number of carbonyl (C=O) groups excluding carboxylic acids is 1. The zero-order chi connectivity index (χ0) is 10.9. The Labute approximate surface area is 89.4 Å². The lowest BCUT2D eigenvalue weighted by atomic mass is 10.2. The van der Waals surface area contributed by atoms with E-state index in [9.17, 15) is 4.79 Å². The van der Waals surface area contributed by atoms with E-state index in [4.69, 9.17) is 0 Å². The van der Waals surface area contributed by atoms with Gasteiger partial charge in [0.2, 0.25) is 0 Å². The van der Waals surface area contributed by atoms with Gasteiger partial charge in [-0.05, 0) is 25.0 Å². The number of carbonyl (C=O) groups is 1. The van der Waals surface area contributed by atoms with Crippen LogP contribution in [0.2, 0.25) is 0 Å². The molecule has 0 aliphatic rings. The minimum Gasteiger partial charge on any atom is -0.267 e. The molecule has 1 aromatic heterocycles.